The van der Waals surface area contributed by atoms with Crippen molar-refractivity contribution in [3.63, 3.8) is 0 Å². The minimum atomic E-state index is -4.70. The summed E-state index contributed by atoms with van der Waals surface area (Å²) in [6.07, 6.45) is -7.79. The van der Waals surface area contributed by atoms with Gasteiger partial charge in [-0.25, -0.2) is 4.98 Å². The van der Waals surface area contributed by atoms with Crippen molar-refractivity contribution in [1.82, 2.24) is 31.2 Å². The van der Waals surface area contributed by atoms with Crippen molar-refractivity contribution >= 4 is 29.4 Å². The molecule has 504 valence electrons. The molecular formula is C54H94F3N7O23. The molecule has 2 aliphatic rings. The van der Waals surface area contributed by atoms with Crippen LogP contribution in [0.5, 0.6) is 0 Å². The molecule has 2 aliphatic heterocycles. The molecule has 1 aromatic rings. The monoisotopic (exact) mass is 1270 g/mol. The number of carbonyl (C=O) groups is 4. The summed E-state index contributed by atoms with van der Waals surface area (Å²) in [4.78, 5) is 56.4. The number of rotatable bonds is 53. The van der Waals surface area contributed by atoms with E-state index in [1.165, 1.54) is 0 Å². The second-order valence-corrected chi connectivity index (χ2v) is 19.7. The molecule has 0 bridgehead atoms. The number of aliphatic hydroxyl groups is 4. The van der Waals surface area contributed by atoms with E-state index in [1.807, 2.05) is 13.8 Å². The van der Waals surface area contributed by atoms with Crippen LogP contribution in [0, 0.1) is 0 Å². The third kappa shape index (κ3) is 38.2. The quantitative estimate of drug-likeness (QED) is 0.0305. The largest absolute Gasteiger partial charge is 0.434 e. The molecule has 2 fully saturated rings. The zero-order valence-electron chi connectivity index (χ0n) is 50.0. The van der Waals surface area contributed by atoms with Gasteiger partial charge in [0, 0.05) is 38.6 Å². The Morgan fingerprint density at radius 2 is 1.01 bits per heavy atom. The van der Waals surface area contributed by atoms with Gasteiger partial charge in [0.25, 0.3) is 0 Å². The van der Waals surface area contributed by atoms with Crippen molar-refractivity contribution < 1.29 is 124 Å². The summed E-state index contributed by atoms with van der Waals surface area (Å²) in [5.41, 5.74) is -1.21. The molecule has 0 aliphatic carbocycles. The Morgan fingerprint density at radius 1 is 0.563 bits per heavy atom. The Labute approximate surface area is 505 Å². The van der Waals surface area contributed by atoms with Gasteiger partial charge in [0.15, 0.2) is 5.69 Å². The van der Waals surface area contributed by atoms with Crippen molar-refractivity contribution in [2.75, 3.05) is 203 Å². The molecule has 1 aromatic heterocycles. The Hall–Kier alpha value is -4.21. The lowest BCUT2D eigenvalue weighted by Gasteiger charge is -2.38. The summed E-state index contributed by atoms with van der Waals surface area (Å²) in [6.45, 7) is 9.08. The summed E-state index contributed by atoms with van der Waals surface area (Å²) < 4.78 is 121. The second kappa shape index (κ2) is 48.6. The first-order chi connectivity index (χ1) is 42.1. The lowest BCUT2D eigenvalue weighted by Crippen LogP contribution is -2.57. The first kappa shape index (κ1) is 77.0. The van der Waals surface area contributed by atoms with Gasteiger partial charge in [-0.05, 0) is 19.8 Å². The van der Waals surface area contributed by atoms with E-state index < -0.39 is 66.5 Å². The number of hydrogen-bond donors (Lipinski definition) is 9. The van der Waals surface area contributed by atoms with Crippen LogP contribution in [0.3, 0.4) is 0 Å². The first-order valence-corrected chi connectivity index (χ1v) is 29.3. The SMILES string of the molecule is CCC(C)NC(=O)COCCOCCOCC(=O)NC(COCCC(=O)NCCOCCOCCOCCOC[C@H]1OC[C@H](Nc2cncc(C(F)(F)F)n2)[C@@H](O)[C@H]1O)COCCC(=O)NCCOCCOCCOCCOC[C@H]1OCC[C@@H](O)[C@H]1O. The molecule has 2 saturated heterocycles. The zero-order chi connectivity index (χ0) is 63.2. The number of nitrogens with one attached hydrogen (secondary N) is 5. The Kier molecular flexibility index (Phi) is 43.0. The second-order valence-electron chi connectivity index (χ2n) is 19.7. The zero-order valence-corrected chi connectivity index (χ0v) is 50.0. The molecule has 33 heteroatoms. The van der Waals surface area contributed by atoms with E-state index in [0.717, 1.165) is 12.6 Å². The first-order valence-electron chi connectivity index (χ1n) is 29.3. The van der Waals surface area contributed by atoms with E-state index in [4.69, 9.17) is 71.1 Å². The number of alkyl halides is 3. The third-order valence-electron chi connectivity index (χ3n) is 12.5. The van der Waals surface area contributed by atoms with Crippen LogP contribution in [-0.2, 0) is 96.4 Å². The molecule has 87 heavy (non-hydrogen) atoms. The molecule has 9 atom stereocenters. The fraction of sp³-hybridized carbons (Fsp3) is 0.852. The van der Waals surface area contributed by atoms with Gasteiger partial charge in [0.1, 0.15) is 49.6 Å². The van der Waals surface area contributed by atoms with Crippen LogP contribution in [0.15, 0.2) is 12.4 Å². The number of halogens is 3. The molecule has 3 rings (SSSR count). The average Bonchev–Trinajstić information content (AvgIpc) is 2.66. The van der Waals surface area contributed by atoms with Crippen molar-refractivity contribution in [3.05, 3.63) is 18.1 Å². The minimum Gasteiger partial charge on any atom is -0.390 e. The number of anilines is 1. The van der Waals surface area contributed by atoms with Crippen molar-refractivity contribution in [2.24, 2.45) is 0 Å². The van der Waals surface area contributed by atoms with Crippen LogP contribution in [0.2, 0.25) is 0 Å². The van der Waals surface area contributed by atoms with Gasteiger partial charge in [-0.1, -0.05) is 6.92 Å². The highest BCUT2D eigenvalue weighted by atomic mass is 19.4. The predicted molar refractivity (Wildman–Crippen MR) is 298 cm³/mol. The molecule has 0 saturated carbocycles. The fourth-order valence-electron chi connectivity index (χ4n) is 7.61. The van der Waals surface area contributed by atoms with Crippen molar-refractivity contribution in [2.45, 2.75) is 100 Å². The number of ether oxygens (including phenoxy) is 15. The van der Waals surface area contributed by atoms with Gasteiger partial charge in [-0.3, -0.25) is 24.2 Å². The molecule has 4 amide bonds. The average molecular weight is 1270 g/mol. The number of carbonyl (C=O) groups excluding carboxylic acids is 4. The third-order valence-corrected chi connectivity index (χ3v) is 12.5. The molecule has 30 nitrogen and oxygen atoms in total. The topological polar surface area (TPSA) is 374 Å². The van der Waals surface area contributed by atoms with Gasteiger partial charge in [0.05, 0.1) is 196 Å². The van der Waals surface area contributed by atoms with E-state index in [0.29, 0.717) is 58.9 Å². The van der Waals surface area contributed by atoms with Crippen LogP contribution in [0.4, 0.5) is 19.0 Å². The smallest absolute Gasteiger partial charge is 0.390 e. The highest BCUT2D eigenvalue weighted by molar-refractivity contribution is 5.78. The number of aromatic nitrogens is 2. The predicted octanol–water partition coefficient (Wildman–Crippen LogP) is -2.46. The molecule has 9 N–H and O–H groups in total. The number of hydrogen-bond acceptors (Lipinski definition) is 26. The van der Waals surface area contributed by atoms with Crippen LogP contribution < -0.4 is 26.6 Å². The molecule has 3 heterocycles. The van der Waals surface area contributed by atoms with Crippen molar-refractivity contribution in [3.8, 4) is 0 Å². The van der Waals surface area contributed by atoms with E-state index in [1.54, 1.807) is 0 Å². The summed E-state index contributed by atoms with van der Waals surface area (Å²) in [5.74, 6) is -1.44. The summed E-state index contributed by atoms with van der Waals surface area (Å²) >= 11 is 0. The summed E-state index contributed by atoms with van der Waals surface area (Å²) in [5, 5.41) is 54.3. The van der Waals surface area contributed by atoms with Crippen LogP contribution in [0.25, 0.3) is 0 Å². The molecule has 2 unspecified atom stereocenters. The number of nitrogens with zero attached hydrogens (tertiary/aromatic N) is 2. The van der Waals surface area contributed by atoms with E-state index in [9.17, 15) is 52.8 Å². The Bertz CT molecular complexity index is 1950. The van der Waals surface area contributed by atoms with Crippen LogP contribution in [-0.4, -0.2) is 307 Å². The summed E-state index contributed by atoms with van der Waals surface area (Å²) in [6, 6.07) is -1.52. The van der Waals surface area contributed by atoms with E-state index in [2.05, 4.69) is 36.6 Å². The minimum absolute atomic E-state index is 0.00143. The summed E-state index contributed by atoms with van der Waals surface area (Å²) in [7, 11) is 0. The van der Waals surface area contributed by atoms with Gasteiger partial charge < -0.3 is 118 Å². The highest BCUT2D eigenvalue weighted by Gasteiger charge is 2.39. The fourth-order valence-corrected chi connectivity index (χ4v) is 7.61. The molecule has 0 spiro atoms. The van der Waals surface area contributed by atoms with E-state index in [-0.39, 0.29) is 194 Å². The van der Waals surface area contributed by atoms with Crippen LogP contribution >= 0.6 is 0 Å². The van der Waals surface area contributed by atoms with Crippen LogP contribution in [0.1, 0.15) is 45.2 Å². The standard InChI is InChI=1S/C54H94F3N7O23/c1-3-39(2)61-49(68)37-84-28-24-79-25-29-85-38-50(69)62-40(32-80-9-5-47(66)59-7-12-73-14-16-75-18-20-77-22-26-82-35-43-52(71)42(65)4-11-86-43)33-81-10-6-48(67)60-8-13-74-15-17-76-19-21-78-23-27-83-36-44-53(72)51(70)41(34-87-44)63-46-31-58-30-45(64-46)54(55,56)57/h30-31,39-44,51-53,65,70-72H,3-29,32-38H2,1-2H3,(H,59,66)(H,60,67)(H,61,68)(H,62,69)(H,63,64)/t39?,40?,41-,42+,43+,44+,51+,52+,53-/m0/s1. The van der Waals surface area contributed by atoms with Gasteiger partial charge in [0.2, 0.25) is 23.6 Å². The van der Waals surface area contributed by atoms with E-state index >= 15 is 0 Å². The molecule has 0 radical (unpaired) electrons. The number of aliphatic hydroxyl groups excluding tert-OH is 4. The number of amides is 4. The highest BCUT2D eigenvalue weighted by Crippen LogP contribution is 2.28. The molecular weight excluding hydrogens is 1170 g/mol. The maximum absolute atomic E-state index is 13.0. The molecule has 0 aromatic carbocycles. The van der Waals surface area contributed by atoms with Gasteiger partial charge in [-0.2, -0.15) is 13.2 Å². The van der Waals surface area contributed by atoms with Gasteiger partial charge >= 0.3 is 6.18 Å². The lowest BCUT2D eigenvalue weighted by atomic mass is 9.98. The van der Waals surface area contributed by atoms with Gasteiger partial charge in [-0.15, -0.1) is 0 Å². The lowest BCUT2D eigenvalue weighted by molar-refractivity contribution is -0.161. The Morgan fingerprint density at radius 3 is 1.49 bits per heavy atom. The Balaban J connectivity index is 1.18. The maximum Gasteiger partial charge on any atom is 0.434 e. The normalized spacial score (nSPS) is 20.4. The maximum atomic E-state index is 13.0. The van der Waals surface area contributed by atoms with Crippen molar-refractivity contribution in [1.29, 1.82) is 0 Å².